The molecule has 28 heavy (non-hydrogen) atoms. The molecule has 0 saturated heterocycles. The van der Waals surface area contributed by atoms with Gasteiger partial charge >= 0.3 is 5.97 Å². The van der Waals surface area contributed by atoms with Gasteiger partial charge in [0.15, 0.2) is 6.61 Å². The Morgan fingerprint density at radius 3 is 2.25 bits per heavy atom. The third kappa shape index (κ3) is 5.04. The van der Waals surface area contributed by atoms with Gasteiger partial charge in [-0.05, 0) is 36.4 Å². The van der Waals surface area contributed by atoms with E-state index in [1.54, 1.807) is 0 Å². The van der Waals surface area contributed by atoms with E-state index in [-0.39, 0.29) is 22.8 Å². The Kier molecular flexibility index (Phi) is 6.63. The Hall–Kier alpha value is -3.95. The van der Waals surface area contributed by atoms with E-state index in [4.69, 9.17) is 4.74 Å². The highest BCUT2D eigenvalue weighted by Gasteiger charge is 2.18. The fourth-order valence-electron chi connectivity index (χ4n) is 2.28. The summed E-state index contributed by atoms with van der Waals surface area (Å²) in [6.07, 6.45) is 0. The molecule has 10 nitrogen and oxygen atoms in total. The molecule has 0 spiro atoms. The highest BCUT2D eigenvalue weighted by Crippen LogP contribution is 2.25. The van der Waals surface area contributed by atoms with Gasteiger partial charge in [-0.1, -0.05) is 0 Å². The molecule has 0 aliphatic carbocycles. The number of nitrogens with zero attached hydrogens (tertiary/aromatic N) is 1. The number of hydrogen-bond acceptors (Lipinski definition) is 7. The molecule has 0 unspecified atom stereocenters. The zero-order valence-electron chi connectivity index (χ0n) is 15.1. The van der Waals surface area contributed by atoms with Gasteiger partial charge in [0.2, 0.25) is 0 Å². The van der Waals surface area contributed by atoms with Gasteiger partial charge in [0, 0.05) is 31.4 Å². The van der Waals surface area contributed by atoms with Gasteiger partial charge in [0.05, 0.1) is 10.5 Å². The second-order valence-corrected chi connectivity index (χ2v) is 5.52. The average molecular weight is 386 g/mol. The van der Waals surface area contributed by atoms with E-state index < -0.39 is 23.4 Å². The molecule has 10 heteroatoms. The van der Waals surface area contributed by atoms with E-state index in [2.05, 4.69) is 16.0 Å². The van der Waals surface area contributed by atoms with Crippen LogP contribution in [-0.4, -0.2) is 43.4 Å². The van der Waals surface area contributed by atoms with Crippen LogP contribution in [0.4, 0.5) is 17.1 Å². The topological polar surface area (TPSA) is 140 Å². The average Bonchev–Trinajstić information content (AvgIpc) is 2.71. The summed E-state index contributed by atoms with van der Waals surface area (Å²) < 4.78 is 4.89. The summed E-state index contributed by atoms with van der Waals surface area (Å²) in [6.45, 7) is -0.572. The molecule has 2 amide bonds. The van der Waals surface area contributed by atoms with E-state index in [0.29, 0.717) is 11.3 Å². The van der Waals surface area contributed by atoms with Crippen LogP contribution < -0.4 is 16.0 Å². The number of anilines is 2. The van der Waals surface area contributed by atoms with Crippen molar-refractivity contribution < 1.29 is 24.0 Å². The fraction of sp³-hybridized carbons (Fsp3) is 0.167. The van der Waals surface area contributed by atoms with Crippen LogP contribution in [0.3, 0.4) is 0 Å². The first-order chi connectivity index (χ1) is 13.3. The summed E-state index contributed by atoms with van der Waals surface area (Å²) in [6, 6.07) is 9.93. The van der Waals surface area contributed by atoms with Gasteiger partial charge in [-0.25, -0.2) is 4.79 Å². The van der Waals surface area contributed by atoms with Crippen molar-refractivity contribution in [2.45, 2.75) is 0 Å². The molecule has 146 valence electrons. The third-order valence-corrected chi connectivity index (χ3v) is 3.69. The first-order valence-corrected chi connectivity index (χ1v) is 8.11. The van der Waals surface area contributed by atoms with E-state index in [1.807, 2.05) is 0 Å². The molecule has 0 bridgehead atoms. The smallest absolute Gasteiger partial charge is 0.338 e. The molecule has 0 atom stereocenters. The molecule has 2 rings (SSSR count). The van der Waals surface area contributed by atoms with Crippen molar-refractivity contribution in [3.05, 3.63) is 63.7 Å². The zero-order chi connectivity index (χ0) is 20.7. The van der Waals surface area contributed by atoms with Crippen LogP contribution in [0.25, 0.3) is 0 Å². The first kappa shape index (κ1) is 20.4. The Morgan fingerprint density at radius 2 is 1.68 bits per heavy atom. The van der Waals surface area contributed by atoms with Gasteiger partial charge in [-0.2, -0.15) is 0 Å². The first-order valence-electron chi connectivity index (χ1n) is 8.11. The molecule has 2 aromatic carbocycles. The van der Waals surface area contributed by atoms with Crippen LogP contribution in [0.5, 0.6) is 0 Å². The molecular formula is C18H18N4O6. The van der Waals surface area contributed by atoms with Crippen molar-refractivity contribution in [1.29, 1.82) is 0 Å². The predicted molar refractivity (Wildman–Crippen MR) is 101 cm³/mol. The van der Waals surface area contributed by atoms with E-state index >= 15 is 0 Å². The monoisotopic (exact) mass is 386 g/mol. The number of benzene rings is 2. The maximum atomic E-state index is 12.0. The minimum atomic E-state index is -0.865. The van der Waals surface area contributed by atoms with Crippen LogP contribution in [0.15, 0.2) is 42.5 Å². The minimum absolute atomic E-state index is 0.0477. The molecule has 3 N–H and O–H groups in total. The van der Waals surface area contributed by atoms with Gasteiger partial charge < -0.3 is 20.7 Å². The van der Waals surface area contributed by atoms with Crippen molar-refractivity contribution in [1.82, 2.24) is 5.32 Å². The number of nitrogens with one attached hydrogen (secondary N) is 3. The second kappa shape index (κ2) is 9.12. The van der Waals surface area contributed by atoms with Crippen molar-refractivity contribution in [3.63, 3.8) is 0 Å². The van der Waals surface area contributed by atoms with E-state index in [1.165, 1.54) is 50.5 Å². The Bertz CT molecular complexity index is 911. The second-order valence-electron chi connectivity index (χ2n) is 5.52. The number of nitro benzene ring substituents is 1. The van der Waals surface area contributed by atoms with Gasteiger partial charge in [0.25, 0.3) is 17.5 Å². The molecule has 0 aromatic heterocycles. The lowest BCUT2D eigenvalue weighted by Crippen LogP contribution is -2.21. The van der Waals surface area contributed by atoms with Crippen LogP contribution >= 0.6 is 0 Å². The van der Waals surface area contributed by atoms with Crippen molar-refractivity contribution in [2.24, 2.45) is 0 Å². The molecule has 2 aromatic rings. The molecule has 0 fully saturated rings. The maximum Gasteiger partial charge on any atom is 0.338 e. The van der Waals surface area contributed by atoms with Crippen molar-refractivity contribution in [3.8, 4) is 0 Å². The van der Waals surface area contributed by atoms with Crippen LogP contribution in [0, 0.1) is 10.1 Å². The summed E-state index contributed by atoms with van der Waals surface area (Å²) in [5, 5.41) is 18.7. The number of amides is 2. The zero-order valence-corrected chi connectivity index (χ0v) is 15.1. The molecule has 0 heterocycles. The molecule has 0 radical (unpaired) electrons. The van der Waals surface area contributed by atoms with Crippen LogP contribution in [-0.2, 0) is 9.53 Å². The number of ether oxygens (including phenoxy) is 1. The van der Waals surface area contributed by atoms with Crippen LogP contribution in [0.1, 0.15) is 20.7 Å². The lowest BCUT2D eigenvalue weighted by atomic mass is 10.1. The third-order valence-electron chi connectivity index (χ3n) is 3.69. The Balaban J connectivity index is 1.95. The number of carbonyl (C=O) groups excluding carboxylic acids is 3. The van der Waals surface area contributed by atoms with E-state index in [9.17, 15) is 24.5 Å². The Morgan fingerprint density at radius 1 is 1.04 bits per heavy atom. The maximum absolute atomic E-state index is 12.0. The number of nitro groups is 1. The number of rotatable bonds is 7. The van der Waals surface area contributed by atoms with Crippen LogP contribution in [0.2, 0.25) is 0 Å². The molecule has 0 aliphatic rings. The fourth-order valence-corrected chi connectivity index (χ4v) is 2.28. The minimum Gasteiger partial charge on any atom is -0.452 e. The lowest BCUT2D eigenvalue weighted by molar-refractivity contribution is -0.384. The summed E-state index contributed by atoms with van der Waals surface area (Å²) >= 11 is 0. The summed E-state index contributed by atoms with van der Waals surface area (Å²) in [5.41, 5.74) is 0.770. The number of hydrogen-bond donors (Lipinski definition) is 3. The van der Waals surface area contributed by atoms with Gasteiger partial charge in [-0.15, -0.1) is 0 Å². The van der Waals surface area contributed by atoms with Crippen molar-refractivity contribution in [2.75, 3.05) is 31.3 Å². The quantitative estimate of drug-likeness (QED) is 0.374. The highest BCUT2D eigenvalue weighted by molar-refractivity contribution is 5.97. The van der Waals surface area contributed by atoms with Gasteiger partial charge in [-0.3, -0.25) is 19.7 Å². The number of carbonyl (C=O) groups is 3. The molecule has 0 aliphatic heterocycles. The van der Waals surface area contributed by atoms with E-state index in [0.717, 1.165) is 6.07 Å². The van der Waals surface area contributed by atoms with Crippen molar-refractivity contribution >= 4 is 34.8 Å². The highest BCUT2D eigenvalue weighted by atomic mass is 16.6. The Labute approximate surface area is 160 Å². The summed E-state index contributed by atoms with van der Waals surface area (Å²) in [4.78, 5) is 45.8. The summed E-state index contributed by atoms with van der Waals surface area (Å²) in [7, 11) is 3.03. The standard InChI is InChI=1S/C18H18N4O6/c1-19-14-8-5-12(9-15(14)22(26)27)18(25)28-10-16(23)21-13-6-3-11(4-7-13)17(24)20-2/h3-9,19H,10H2,1-2H3,(H,20,24)(H,21,23). The SMILES string of the molecule is CNC(=O)c1ccc(NC(=O)COC(=O)c2ccc(NC)c([N+](=O)[O-])c2)cc1. The van der Waals surface area contributed by atoms with Gasteiger partial charge in [0.1, 0.15) is 5.69 Å². The normalized spacial score (nSPS) is 9.93. The lowest BCUT2D eigenvalue weighted by Gasteiger charge is -2.08. The molecule has 0 saturated carbocycles. The molecular weight excluding hydrogens is 368 g/mol. The predicted octanol–water partition coefficient (Wildman–Crippen LogP) is 1.79. The number of esters is 1. The summed E-state index contributed by atoms with van der Waals surface area (Å²) in [5.74, 6) is -1.72. The largest absolute Gasteiger partial charge is 0.452 e.